The van der Waals surface area contributed by atoms with Crippen LogP contribution in [0.15, 0.2) is 0 Å². The molecule has 14 heavy (non-hydrogen) atoms. The molecule has 0 aliphatic heterocycles. The van der Waals surface area contributed by atoms with Gasteiger partial charge in [-0.2, -0.15) is 13.2 Å². The summed E-state index contributed by atoms with van der Waals surface area (Å²) < 4.78 is 37.0. The monoisotopic (exact) mass is 208 g/mol. The molecule has 0 amide bonds. The Kier molecular flexibility index (Phi) is 2.29. The highest BCUT2D eigenvalue weighted by atomic mass is 19.4. The first-order chi connectivity index (χ1) is 6.42. The fourth-order valence-electron chi connectivity index (χ4n) is 2.49. The molecule has 0 unspecified atom stereocenters. The highest BCUT2D eigenvalue weighted by Gasteiger charge is 2.51. The predicted molar refractivity (Wildman–Crippen MR) is 45.7 cm³/mol. The van der Waals surface area contributed by atoms with Crippen LogP contribution in [0.3, 0.4) is 0 Å². The summed E-state index contributed by atoms with van der Waals surface area (Å²) in [5, 5.41) is 9.76. The molecule has 0 saturated heterocycles. The van der Waals surface area contributed by atoms with Gasteiger partial charge >= 0.3 is 6.18 Å². The zero-order valence-corrected chi connectivity index (χ0v) is 7.98. The molecule has 0 aromatic carbocycles. The van der Waals surface area contributed by atoms with Gasteiger partial charge in [-0.25, -0.2) is 0 Å². The Labute approximate surface area is 81.3 Å². The standard InChI is InChI=1S/C10H15F3O/c11-10(12,13)8-3-1-7(2-4-8)9(14)5-6-9/h7-8,14H,1-6H2. The molecule has 0 bridgehead atoms. The van der Waals surface area contributed by atoms with Gasteiger partial charge in [0.1, 0.15) is 0 Å². The van der Waals surface area contributed by atoms with Crippen LogP contribution in [0.5, 0.6) is 0 Å². The summed E-state index contributed by atoms with van der Waals surface area (Å²) in [4.78, 5) is 0. The first-order valence-electron chi connectivity index (χ1n) is 5.21. The summed E-state index contributed by atoms with van der Waals surface area (Å²) in [6.45, 7) is 0. The molecule has 2 saturated carbocycles. The normalized spacial score (nSPS) is 36.9. The lowest BCUT2D eigenvalue weighted by molar-refractivity contribution is -0.186. The number of halogens is 3. The minimum Gasteiger partial charge on any atom is -0.390 e. The van der Waals surface area contributed by atoms with Gasteiger partial charge in [0, 0.05) is 0 Å². The fourth-order valence-corrected chi connectivity index (χ4v) is 2.49. The van der Waals surface area contributed by atoms with Crippen LogP contribution in [0.4, 0.5) is 13.2 Å². The first kappa shape index (κ1) is 10.3. The van der Waals surface area contributed by atoms with E-state index in [9.17, 15) is 18.3 Å². The van der Waals surface area contributed by atoms with Crippen LogP contribution >= 0.6 is 0 Å². The molecule has 0 atom stereocenters. The van der Waals surface area contributed by atoms with Crippen LogP contribution in [-0.2, 0) is 0 Å². The zero-order chi connectivity index (χ0) is 10.4. The van der Waals surface area contributed by atoms with Gasteiger partial charge in [-0.3, -0.25) is 0 Å². The van der Waals surface area contributed by atoms with Gasteiger partial charge in [-0.15, -0.1) is 0 Å². The molecule has 0 spiro atoms. The number of hydrogen-bond donors (Lipinski definition) is 1. The van der Waals surface area contributed by atoms with E-state index in [1.165, 1.54) is 0 Å². The van der Waals surface area contributed by atoms with Gasteiger partial charge in [0.05, 0.1) is 11.5 Å². The molecule has 1 N–H and O–H groups in total. The molecule has 82 valence electrons. The van der Waals surface area contributed by atoms with Crippen molar-refractivity contribution in [1.82, 2.24) is 0 Å². The minimum atomic E-state index is -4.03. The third-order valence-corrected chi connectivity index (χ3v) is 3.71. The minimum absolute atomic E-state index is 0.126. The van der Waals surface area contributed by atoms with E-state index in [0.29, 0.717) is 12.8 Å². The second-order valence-electron chi connectivity index (χ2n) is 4.69. The fraction of sp³-hybridized carbons (Fsp3) is 1.00. The SMILES string of the molecule is OC1(C2CCC(C(F)(F)F)CC2)CC1. The summed E-state index contributed by atoms with van der Waals surface area (Å²) in [7, 11) is 0. The molecule has 2 aliphatic carbocycles. The Morgan fingerprint density at radius 3 is 1.86 bits per heavy atom. The molecule has 1 nitrogen and oxygen atoms in total. The van der Waals surface area contributed by atoms with Crippen molar-refractivity contribution in [3.8, 4) is 0 Å². The van der Waals surface area contributed by atoms with E-state index in [1.54, 1.807) is 0 Å². The van der Waals surface area contributed by atoms with Gasteiger partial charge in [-0.05, 0) is 44.4 Å². The molecular formula is C10H15F3O. The lowest BCUT2D eigenvalue weighted by Gasteiger charge is -2.32. The van der Waals surface area contributed by atoms with E-state index in [0.717, 1.165) is 12.8 Å². The van der Waals surface area contributed by atoms with Crippen LogP contribution < -0.4 is 0 Å². The van der Waals surface area contributed by atoms with E-state index in [-0.39, 0.29) is 18.8 Å². The maximum Gasteiger partial charge on any atom is 0.391 e. The second kappa shape index (κ2) is 3.12. The summed E-state index contributed by atoms with van der Waals surface area (Å²) in [6.07, 6.45) is -0.964. The van der Waals surface area contributed by atoms with Crippen LogP contribution in [0, 0.1) is 11.8 Å². The van der Waals surface area contributed by atoms with Crippen molar-refractivity contribution in [3.63, 3.8) is 0 Å². The van der Waals surface area contributed by atoms with Crippen LogP contribution in [0.1, 0.15) is 38.5 Å². The number of hydrogen-bond acceptors (Lipinski definition) is 1. The molecule has 0 radical (unpaired) electrons. The number of aliphatic hydroxyl groups is 1. The lowest BCUT2D eigenvalue weighted by atomic mass is 9.78. The van der Waals surface area contributed by atoms with Gasteiger partial charge in [0.2, 0.25) is 0 Å². The molecular weight excluding hydrogens is 193 g/mol. The summed E-state index contributed by atoms with van der Waals surface area (Å²) >= 11 is 0. The van der Waals surface area contributed by atoms with Crippen molar-refractivity contribution in [1.29, 1.82) is 0 Å². The van der Waals surface area contributed by atoms with Crippen molar-refractivity contribution in [2.24, 2.45) is 11.8 Å². The van der Waals surface area contributed by atoms with Crippen molar-refractivity contribution in [3.05, 3.63) is 0 Å². The van der Waals surface area contributed by atoms with E-state index in [2.05, 4.69) is 0 Å². The molecule has 2 fully saturated rings. The summed E-state index contributed by atoms with van der Waals surface area (Å²) in [5.74, 6) is -0.998. The molecule has 4 heteroatoms. The molecule has 0 aromatic heterocycles. The largest absolute Gasteiger partial charge is 0.391 e. The maximum absolute atomic E-state index is 12.3. The summed E-state index contributed by atoms with van der Waals surface area (Å²) in [5.41, 5.74) is -0.587. The van der Waals surface area contributed by atoms with E-state index in [1.807, 2.05) is 0 Å². The van der Waals surface area contributed by atoms with Crippen molar-refractivity contribution in [2.75, 3.05) is 0 Å². The molecule has 2 rings (SSSR count). The Morgan fingerprint density at radius 2 is 1.50 bits per heavy atom. The number of rotatable bonds is 1. The van der Waals surface area contributed by atoms with Crippen LogP contribution in [0.2, 0.25) is 0 Å². The average Bonchev–Trinajstić information content (AvgIpc) is 2.84. The Hall–Kier alpha value is -0.250. The smallest absolute Gasteiger partial charge is 0.390 e. The van der Waals surface area contributed by atoms with E-state index in [4.69, 9.17) is 0 Å². The van der Waals surface area contributed by atoms with E-state index < -0.39 is 17.7 Å². The van der Waals surface area contributed by atoms with Crippen molar-refractivity contribution in [2.45, 2.75) is 50.3 Å². The topological polar surface area (TPSA) is 20.2 Å². The molecule has 0 heterocycles. The van der Waals surface area contributed by atoms with Crippen LogP contribution in [-0.4, -0.2) is 16.9 Å². The first-order valence-corrected chi connectivity index (χ1v) is 5.21. The number of alkyl halides is 3. The third-order valence-electron chi connectivity index (χ3n) is 3.71. The van der Waals surface area contributed by atoms with Crippen molar-refractivity contribution < 1.29 is 18.3 Å². The van der Waals surface area contributed by atoms with E-state index >= 15 is 0 Å². The predicted octanol–water partition coefficient (Wildman–Crippen LogP) is 2.88. The highest BCUT2D eigenvalue weighted by Crippen LogP contribution is 2.50. The van der Waals surface area contributed by atoms with Gasteiger partial charge in [0.25, 0.3) is 0 Å². The lowest BCUT2D eigenvalue weighted by Crippen LogP contribution is -2.32. The second-order valence-corrected chi connectivity index (χ2v) is 4.69. The maximum atomic E-state index is 12.3. The quantitative estimate of drug-likeness (QED) is 0.702. The third kappa shape index (κ3) is 1.90. The van der Waals surface area contributed by atoms with Crippen molar-refractivity contribution >= 4 is 0 Å². The Balaban J connectivity index is 1.86. The van der Waals surface area contributed by atoms with Gasteiger partial charge in [0.15, 0.2) is 0 Å². The average molecular weight is 208 g/mol. The molecule has 2 aliphatic rings. The summed E-state index contributed by atoms with van der Waals surface area (Å²) in [6, 6.07) is 0. The van der Waals surface area contributed by atoms with Crippen LogP contribution in [0.25, 0.3) is 0 Å². The Morgan fingerprint density at radius 1 is 1.00 bits per heavy atom. The molecule has 0 aromatic rings. The zero-order valence-electron chi connectivity index (χ0n) is 7.98. The van der Waals surface area contributed by atoms with Gasteiger partial charge < -0.3 is 5.11 Å². The van der Waals surface area contributed by atoms with Gasteiger partial charge in [-0.1, -0.05) is 0 Å². The highest BCUT2D eigenvalue weighted by molar-refractivity contribution is 5.00. The Bertz CT molecular complexity index is 199.